The van der Waals surface area contributed by atoms with Crippen molar-refractivity contribution in [3.63, 3.8) is 0 Å². The highest BCUT2D eigenvalue weighted by molar-refractivity contribution is 7.82. The van der Waals surface area contributed by atoms with Gasteiger partial charge in [-0.15, -0.1) is 0 Å². The van der Waals surface area contributed by atoms with Gasteiger partial charge in [0.2, 0.25) is 0 Å². The predicted octanol–water partition coefficient (Wildman–Crippen LogP) is 4.22. The molecule has 1 aliphatic heterocycles. The first-order valence-corrected chi connectivity index (χ1v) is 9.88. The maximum atomic E-state index is 13.3. The molecule has 1 aliphatic rings. The average molecular weight is 390 g/mol. The lowest BCUT2D eigenvalue weighted by atomic mass is 10.0. The summed E-state index contributed by atoms with van der Waals surface area (Å²) in [4.78, 5) is 13.2. The first-order chi connectivity index (χ1) is 12.5. The first-order valence-electron chi connectivity index (χ1n) is 8.39. The normalized spacial score (nSPS) is 18.4. The van der Waals surface area contributed by atoms with Crippen molar-refractivity contribution in [1.29, 1.82) is 0 Å². The lowest BCUT2D eigenvalue weighted by molar-refractivity contribution is -0.138. The first kappa shape index (κ1) is 18.8. The summed E-state index contributed by atoms with van der Waals surface area (Å²) < 4.78 is 20.3. The number of carbonyl (C=O) groups is 1. The van der Waals surface area contributed by atoms with Crippen LogP contribution in [0.1, 0.15) is 24.1 Å². The Labute approximate surface area is 161 Å². The fraction of sp³-hybridized carbons (Fsp3) is 0.250. The highest BCUT2D eigenvalue weighted by Gasteiger charge is 2.37. The fourth-order valence-corrected chi connectivity index (χ4v) is 4.66. The molecule has 2 aromatic rings. The maximum absolute atomic E-state index is 13.3. The number of rotatable bonds is 5. The van der Waals surface area contributed by atoms with Gasteiger partial charge < -0.3 is 4.74 Å². The van der Waals surface area contributed by atoms with Gasteiger partial charge >= 0.3 is 5.97 Å². The molecule has 0 bridgehead atoms. The zero-order chi connectivity index (χ0) is 18.7. The van der Waals surface area contributed by atoms with Crippen LogP contribution in [0.3, 0.4) is 0 Å². The smallest absolute Gasteiger partial charge is 0.335 e. The monoisotopic (exact) mass is 389 g/mol. The molecule has 2 unspecified atom stereocenters. The van der Waals surface area contributed by atoms with E-state index in [1.807, 2.05) is 43.3 Å². The molecule has 3 rings (SSSR count). The van der Waals surface area contributed by atoms with Gasteiger partial charge in [-0.1, -0.05) is 48.0 Å². The van der Waals surface area contributed by atoms with Gasteiger partial charge in [0.05, 0.1) is 23.1 Å². The Morgan fingerprint density at radius 2 is 2.04 bits per heavy atom. The highest BCUT2D eigenvalue weighted by atomic mass is 35.5. The molecule has 26 heavy (non-hydrogen) atoms. The van der Waals surface area contributed by atoms with Crippen molar-refractivity contribution in [1.82, 2.24) is 4.31 Å². The van der Waals surface area contributed by atoms with Crippen molar-refractivity contribution in [2.24, 2.45) is 0 Å². The van der Waals surface area contributed by atoms with Crippen LogP contribution in [-0.4, -0.2) is 27.6 Å². The molecule has 4 nitrogen and oxygen atoms in total. The van der Waals surface area contributed by atoms with Gasteiger partial charge in [-0.05, 0) is 43.2 Å². The predicted molar refractivity (Wildman–Crippen MR) is 103 cm³/mol. The average Bonchev–Trinajstić information content (AvgIpc) is 3.07. The Hall–Kier alpha value is -1.95. The molecule has 0 saturated heterocycles. The van der Waals surface area contributed by atoms with Crippen molar-refractivity contribution >= 4 is 28.6 Å². The Bertz CT molecular complexity index is 881. The van der Waals surface area contributed by atoms with Crippen LogP contribution < -0.4 is 0 Å². The maximum Gasteiger partial charge on any atom is 0.335 e. The number of ether oxygens (including phenoxy) is 1. The van der Waals surface area contributed by atoms with Gasteiger partial charge in [-0.3, -0.25) is 0 Å². The van der Waals surface area contributed by atoms with Gasteiger partial charge in [-0.2, -0.15) is 0 Å². The van der Waals surface area contributed by atoms with E-state index in [4.69, 9.17) is 16.3 Å². The lowest BCUT2D eigenvalue weighted by Crippen LogP contribution is -2.30. The second kappa shape index (κ2) is 8.16. The summed E-state index contributed by atoms with van der Waals surface area (Å²) in [6, 6.07) is 14.4. The van der Waals surface area contributed by atoms with Crippen LogP contribution in [0, 0.1) is 6.92 Å². The van der Waals surface area contributed by atoms with E-state index in [2.05, 4.69) is 0 Å². The molecule has 0 spiro atoms. The van der Waals surface area contributed by atoms with Crippen LogP contribution in [0.5, 0.6) is 0 Å². The molecular formula is C20H20ClNO3S. The van der Waals surface area contributed by atoms with Crippen LogP contribution in [0.2, 0.25) is 5.02 Å². The molecule has 0 saturated carbocycles. The summed E-state index contributed by atoms with van der Waals surface area (Å²) in [7, 11) is -1.42. The van der Waals surface area contributed by atoms with Crippen molar-refractivity contribution in [3.05, 3.63) is 76.3 Å². The quantitative estimate of drug-likeness (QED) is 0.719. The Kier molecular flexibility index (Phi) is 5.91. The summed E-state index contributed by atoms with van der Waals surface area (Å²) in [6.45, 7) is 4.38. The summed E-state index contributed by atoms with van der Waals surface area (Å²) in [6.07, 6.45) is 1.79. The van der Waals surface area contributed by atoms with Crippen LogP contribution in [0.25, 0.3) is 0 Å². The molecule has 0 radical (unpaired) electrons. The van der Waals surface area contributed by atoms with Crippen LogP contribution in [-0.2, 0) is 20.5 Å². The van der Waals surface area contributed by atoms with Gasteiger partial charge in [0.25, 0.3) is 0 Å². The Balaban J connectivity index is 2.01. The van der Waals surface area contributed by atoms with Crippen molar-refractivity contribution < 1.29 is 13.7 Å². The van der Waals surface area contributed by atoms with Crippen LogP contribution in [0.15, 0.2) is 65.1 Å². The van der Waals surface area contributed by atoms with E-state index >= 15 is 0 Å². The number of hydrogen-bond acceptors (Lipinski definition) is 3. The van der Waals surface area contributed by atoms with E-state index in [0.717, 1.165) is 16.0 Å². The SMILES string of the molecule is CCOC(=O)C1=CCN(S(=O)c2ccccc2C)C1c1cccc(Cl)c1. The minimum Gasteiger partial charge on any atom is -0.463 e. The van der Waals surface area contributed by atoms with Crippen molar-refractivity contribution in [3.8, 4) is 0 Å². The molecule has 2 aromatic carbocycles. The number of nitrogens with zero attached hydrogens (tertiary/aromatic N) is 1. The summed E-state index contributed by atoms with van der Waals surface area (Å²) in [5.74, 6) is -0.387. The second-order valence-corrected chi connectivity index (χ2v) is 7.80. The molecule has 136 valence electrons. The van der Waals surface area contributed by atoms with Gasteiger partial charge in [0, 0.05) is 11.6 Å². The third-order valence-corrected chi connectivity index (χ3v) is 6.10. The third kappa shape index (κ3) is 3.75. The number of carbonyl (C=O) groups excluding carboxylic acids is 1. The van der Waals surface area contributed by atoms with Crippen molar-refractivity contribution in [2.45, 2.75) is 24.8 Å². The van der Waals surface area contributed by atoms with Crippen molar-refractivity contribution in [2.75, 3.05) is 13.2 Å². The summed E-state index contributed by atoms with van der Waals surface area (Å²) in [5.41, 5.74) is 2.26. The van der Waals surface area contributed by atoms with Crippen LogP contribution >= 0.6 is 11.6 Å². The van der Waals surface area contributed by atoms with E-state index in [9.17, 15) is 9.00 Å². The van der Waals surface area contributed by atoms with E-state index in [0.29, 0.717) is 23.7 Å². The molecule has 0 aromatic heterocycles. The van der Waals surface area contributed by atoms with E-state index in [1.54, 1.807) is 29.4 Å². The topological polar surface area (TPSA) is 46.6 Å². The molecule has 6 heteroatoms. The summed E-state index contributed by atoms with van der Waals surface area (Å²) in [5, 5.41) is 0.569. The number of hydrogen-bond donors (Lipinski definition) is 0. The number of aryl methyl sites for hydroxylation is 1. The van der Waals surface area contributed by atoms with E-state index in [1.165, 1.54) is 0 Å². The van der Waals surface area contributed by atoms with Gasteiger partial charge in [-0.25, -0.2) is 13.3 Å². The zero-order valence-electron chi connectivity index (χ0n) is 14.6. The number of benzene rings is 2. The molecular weight excluding hydrogens is 370 g/mol. The minimum atomic E-state index is -1.42. The molecule has 0 N–H and O–H groups in total. The fourth-order valence-electron chi connectivity index (χ4n) is 3.03. The Morgan fingerprint density at radius 1 is 1.27 bits per heavy atom. The number of halogens is 1. The minimum absolute atomic E-state index is 0.291. The zero-order valence-corrected chi connectivity index (χ0v) is 16.2. The molecule has 1 heterocycles. The van der Waals surface area contributed by atoms with E-state index < -0.39 is 17.0 Å². The third-order valence-electron chi connectivity index (χ3n) is 4.24. The van der Waals surface area contributed by atoms with Gasteiger partial charge in [0.15, 0.2) is 0 Å². The molecule has 2 atom stereocenters. The Morgan fingerprint density at radius 3 is 2.73 bits per heavy atom. The lowest BCUT2D eigenvalue weighted by Gasteiger charge is -2.26. The molecule has 0 amide bonds. The molecule has 0 aliphatic carbocycles. The second-order valence-electron chi connectivity index (χ2n) is 5.95. The standard InChI is InChI=1S/C20H20ClNO3S/c1-3-25-20(23)17-11-12-22(19(17)15-8-6-9-16(21)13-15)26(24)18-10-5-4-7-14(18)2/h4-11,13,19H,3,12H2,1-2H3. The highest BCUT2D eigenvalue weighted by Crippen LogP contribution is 2.37. The van der Waals surface area contributed by atoms with Crippen LogP contribution in [0.4, 0.5) is 0 Å². The van der Waals surface area contributed by atoms with E-state index in [-0.39, 0.29) is 5.97 Å². The number of esters is 1. The van der Waals surface area contributed by atoms with Gasteiger partial charge in [0.1, 0.15) is 11.0 Å². The summed E-state index contributed by atoms with van der Waals surface area (Å²) >= 11 is 6.15. The largest absolute Gasteiger partial charge is 0.463 e. The molecule has 0 fully saturated rings.